The molecule has 1 atom stereocenters. The topological polar surface area (TPSA) is 60.7 Å². The Bertz CT molecular complexity index is 419. The van der Waals surface area contributed by atoms with Crippen molar-refractivity contribution in [2.75, 3.05) is 6.54 Å². The SMILES string of the molecule is CC(Cc1ccccc1)ON1CC(=O)[N]C1=O. The summed E-state index contributed by atoms with van der Waals surface area (Å²) in [7, 11) is 0. The van der Waals surface area contributed by atoms with Gasteiger partial charge in [0.1, 0.15) is 6.54 Å². The smallest absolute Gasteiger partial charge is 0.270 e. The van der Waals surface area contributed by atoms with Gasteiger partial charge in [0, 0.05) is 6.42 Å². The number of carbonyl (C=O) groups excluding carboxylic acids is 2. The molecule has 5 heteroatoms. The molecule has 17 heavy (non-hydrogen) atoms. The van der Waals surface area contributed by atoms with Crippen LogP contribution in [0.15, 0.2) is 30.3 Å². The zero-order valence-corrected chi connectivity index (χ0v) is 9.50. The summed E-state index contributed by atoms with van der Waals surface area (Å²) in [6.07, 6.45) is 0.501. The predicted molar refractivity (Wildman–Crippen MR) is 59.9 cm³/mol. The van der Waals surface area contributed by atoms with Gasteiger partial charge in [-0.2, -0.15) is 10.4 Å². The van der Waals surface area contributed by atoms with Crippen LogP contribution in [0.4, 0.5) is 4.79 Å². The highest BCUT2D eigenvalue weighted by atomic mass is 16.7. The van der Waals surface area contributed by atoms with Crippen molar-refractivity contribution in [2.45, 2.75) is 19.4 Å². The molecule has 1 unspecified atom stereocenters. The monoisotopic (exact) mass is 233 g/mol. The summed E-state index contributed by atoms with van der Waals surface area (Å²) in [4.78, 5) is 27.4. The van der Waals surface area contributed by atoms with Crippen LogP contribution in [0.2, 0.25) is 0 Å². The first kappa shape index (κ1) is 11.6. The molecule has 0 aliphatic carbocycles. The van der Waals surface area contributed by atoms with Crippen LogP contribution < -0.4 is 5.32 Å². The molecule has 1 aromatic rings. The molecule has 1 radical (unpaired) electrons. The van der Waals surface area contributed by atoms with Gasteiger partial charge in [0.25, 0.3) is 5.91 Å². The molecule has 89 valence electrons. The van der Waals surface area contributed by atoms with Crippen LogP contribution in [-0.2, 0) is 16.1 Å². The minimum absolute atomic E-state index is 0.0854. The van der Waals surface area contributed by atoms with E-state index in [9.17, 15) is 9.59 Å². The first-order valence-corrected chi connectivity index (χ1v) is 5.42. The molecule has 0 aromatic heterocycles. The van der Waals surface area contributed by atoms with Gasteiger partial charge in [-0.05, 0) is 12.5 Å². The Kier molecular flexibility index (Phi) is 3.39. The molecule has 1 aliphatic heterocycles. The predicted octanol–water partition coefficient (Wildman–Crippen LogP) is 1.12. The van der Waals surface area contributed by atoms with E-state index in [0.717, 1.165) is 10.6 Å². The third-order valence-electron chi connectivity index (χ3n) is 2.39. The Labute approximate surface area is 99.3 Å². The minimum atomic E-state index is -0.616. The second-order valence-electron chi connectivity index (χ2n) is 3.93. The van der Waals surface area contributed by atoms with Crippen LogP contribution in [-0.4, -0.2) is 29.7 Å². The number of imide groups is 1. The van der Waals surface area contributed by atoms with E-state index in [1.165, 1.54) is 0 Å². The van der Waals surface area contributed by atoms with E-state index in [-0.39, 0.29) is 12.6 Å². The van der Waals surface area contributed by atoms with Gasteiger partial charge in [-0.15, -0.1) is 0 Å². The summed E-state index contributed by atoms with van der Waals surface area (Å²) in [6.45, 7) is 1.76. The van der Waals surface area contributed by atoms with E-state index < -0.39 is 11.9 Å². The molecular formula is C12H13N2O3. The van der Waals surface area contributed by atoms with Crippen molar-refractivity contribution in [3.05, 3.63) is 35.9 Å². The first-order valence-electron chi connectivity index (χ1n) is 5.42. The molecule has 0 saturated carbocycles. The van der Waals surface area contributed by atoms with Crippen molar-refractivity contribution in [3.63, 3.8) is 0 Å². The molecule has 0 N–H and O–H groups in total. The van der Waals surface area contributed by atoms with Gasteiger partial charge in [-0.1, -0.05) is 30.3 Å². The molecule has 3 amide bonds. The molecular weight excluding hydrogens is 220 g/mol. The Morgan fingerprint density at radius 3 is 2.65 bits per heavy atom. The summed E-state index contributed by atoms with van der Waals surface area (Å²) in [6, 6.07) is 9.19. The van der Waals surface area contributed by atoms with Gasteiger partial charge in [0.05, 0.1) is 6.10 Å². The van der Waals surface area contributed by atoms with E-state index in [0.29, 0.717) is 6.42 Å². The van der Waals surface area contributed by atoms with Crippen molar-refractivity contribution in [3.8, 4) is 0 Å². The Balaban J connectivity index is 1.87. The van der Waals surface area contributed by atoms with Gasteiger partial charge in [0.15, 0.2) is 0 Å². The van der Waals surface area contributed by atoms with Gasteiger partial charge in [0.2, 0.25) is 0 Å². The van der Waals surface area contributed by atoms with Crippen LogP contribution in [0.3, 0.4) is 0 Å². The second-order valence-corrected chi connectivity index (χ2v) is 3.93. The third-order valence-corrected chi connectivity index (χ3v) is 2.39. The van der Waals surface area contributed by atoms with Crippen molar-refractivity contribution in [2.24, 2.45) is 0 Å². The largest absolute Gasteiger partial charge is 0.371 e. The number of rotatable bonds is 4. The highest BCUT2D eigenvalue weighted by Crippen LogP contribution is 2.09. The Hall–Kier alpha value is -1.88. The quantitative estimate of drug-likeness (QED) is 0.732. The van der Waals surface area contributed by atoms with E-state index in [2.05, 4.69) is 5.32 Å². The molecule has 5 nitrogen and oxygen atoms in total. The van der Waals surface area contributed by atoms with Crippen molar-refractivity contribution in [1.82, 2.24) is 10.4 Å². The highest BCUT2D eigenvalue weighted by Gasteiger charge is 2.31. The fourth-order valence-corrected chi connectivity index (χ4v) is 1.67. The molecule has 1 heterocycles. The van der Waals surface area contributed by atoms with Crippen LogP contribution in [0.1, 0.15) is 12.5 Å². The normalized spacial score (nSPS) is 17.1. The first-order chi connectivity index (χ1) is 8.15. The number of hydrogen-bond donors (Lipinski definition) is 0. The number of urea groups is 1. The minimum Gasteiger partial charge on any atom is -0.270 e. The molecule has 1 aromatic carbocycles. The average Bonchev–Trinajstić information content (AvgIpc) is 2.58. The fourth-order valence-electron chi connectivity index (χ4n) is 1.67. The number of nitrogens with zero attached hydrogens (tertiary/aromatic N) is 2. The average molecular weight is 233 g/mol. The number of benzene rings is 1. The molecule has 1 saturated heterocycles. The summed E-state index contributed by atoms with van der Waals surface area (Å²) in [5, 5.41) is 4.26. The van der Waals surface area contributed by atoms with Gasteiger partial charge >= 0.3 is 6.03 Å². The zero-order chi connectivity index (χ0) is 12.3. The zero-order valence-electron chi connectivity index (χ0n) is 9.50. The molecule has 0 spiro atoms. The Morgan fingerprint density at radius 1 is 1.35 bits per heavy atom. The van der Waals surface area contributed by atoms with Gasteiger partial charge in [-0.3, -0.25) is 9.63 Å². The number of amides is 3. The lowest BCUT2D eigenvalue weighted by Crippen LogP contribution is -2.31. The van der Waals surface area contributed by atoms with Crippen molar-refractivity contribution < 1.29 is 14.4 Å². The van der Waals surface area contributed by atoms with E-state index in [4.69, 9.17) is 4.84 Å². The lowest BCUT2D eigenvalue weighted by atomic mass is 10.1. The highest BCUT2D eigenvalue weighted by molar-refractivity contribution is 6.00. The van der Waals surface area contributed by atoms with Crippen molar-refractivity contribution in [1.29, 1.82) is 0 Å². The standard InChI is InChI=1S/C12H13N2O3/c1-9(7-10-5-3-2-4-6-10)17-14-8-11(15)13-12(14)16/h2-6,9H,7-8H2,1H3. The maximum Gasteiger partial charge on any atom is 0.371 e. The van der Waals surface area contributed by atoms with Crippen LogP contribution in [0.25, 0.3) is 0 Å². The third kappa shape index (κ3) is 3.04. The summed E-state index contributed by atoms with van der Waals surface area (Å²) >= 11 is 0. The second kappa shape index (κ2) is 4.97. The molecule has 2 rings (SSSR count). The lowest BCUT2D eigenvalue weighted by molar-refractivity contribution is -0.149. The summed E-state index contributed by atoms with van der Waals surface area (Å²) in [5.41, 5.74) is 1.12. The molecule has 1 fully saturated rings. The maximum atomic E-state index is 11.2. The van der Waals surface area contributed by atoms with E-state index >= 15 is 0 Å². The number of hydrogen-bond acceptors (Lipinski definition) is 3. The van der Waals surface area contributed by atoms with E-state index in [1.54, 1.807) is 0 Å². The van der Waals surface area contributed by atoms with Crippen molar-refractivity contribution >= 4 is 11.9 Å². The fraction of sp³-hybridized carbons (Fsp3) is 0.333. The number of hydroxylamine groups is 2. The lowest BCUT2D eigenvalue weighted by Gasteiger charge is -2.18. The Morgan fingerprint density at radius 2 is 2.06 bits per heavy atom. The number of carbonyl (C=O) groups is 2. The van der Waals surface area contributed by atoms with Crippen LogP contribution >= 0.6 is 0 Å². The van der Waals surface area contributed by atoms with Gasteiger partial charge in [-0.25, -0.2) is 4.79 Å². The van der Waals surface area contributed by atoms with E-state index in [1.807, 2.05) is 37.3 Å². The summed E-state index contributed by atoms with van der Waals surface area (Å²) in [5.74, 6) is -0.457. The molecule has 0 bridgehead atoms. The maximum absolute atomic E-state index is 11.2. The van der Waals surface area contributed by atoms with Crippen LogP contribution in [0, 0.1) is 0 Å². The van der Waals surface area contributed by atoms with Crippen LogP contribution in [0.5, 0.6) is 0 Å². The molecule has 1 aliphatic rings. The van der Waals surface area contributed by atoms with Gasteiger partial charge < -0.3 is 0 Å². The summed E-state index contributed by atoms with van der Waals surface area (Å²) < 4.78 is 0.